The van der Waals surface area contributed by atoms with Crippen molar-refractivity contribution in [2.24, 2.45) is 0 Å². The molecule has 4 nitrogen and oxygen atoms in total. The summed E-state index contributed by atoms with van der Waals surface area (Å²) in [6, 6.07) is 13.3. The van der Waals surface area contributed by atoms with Crippen LogP contribution in [0.5, 0.6) is 5.75 Å². The molecule has 4 rings (SSSR count). The SMILES string of the molecule is COc1ccc(-n2c(SCc3ccccc3C(F)(F)F)nnc2C2CCCCC2)cc1. The van der Waals surface area contributed by atoms with Crippen LogP contribution in [-0.2, 0) is 11.9 Å². The van der Waals surface area contributed by atoms with E-state index in [9.17, 15) is 13.2 Å². The third-order valence-corrected chi connectivity index (χ3v) is 6.62. The maximum absolute atomic E-state index is 13.4. The second-order valence-corrected chi connectivity index (χ2v) is 8.60. The summed E-state index contributed by atoms with van der Waals surface area (Å²) in [5.41, 5.74) is 0.520. The topological polar surface area (TPSA) is 39.9 Å². The highest BCUT2D eigenvalue weighted by Crippen LogP contribution is 2.37. The van der Waals surface area contributed by atoms with Crippen LogP contribution in [0.2, 0.25) is 0 Å². The molecule has 1 aromatic heterocycles. The minimum Gasteiger partial charge on any atom is -0.497 e. The van der Waals surface area contributed by atoms with Crippen LogP contribution in [0.15, 0.2) is 53.7 Å². The van der Waals surface area contributed by atoms with E-state index in [2.05, 4.69) is 10.2 Å². The Morgan fingerprint density at radius 1 is 1.00 bits per heavy atom. The highest BCUT2D eigenvalue weighted by atomic mass is 32.2. The van der Waals surface area contributed by atoms with Crippen molar-refractivity contribution < 1.29 is 17.9 Å². The fourth-order valence-corrected chi connectivity index (χ4v) is 5.00. The molecule has 0 N–H and O–H groups in total. The van der Waals surface area contributed by atoms with Gasteiger partial charge in [0.2, 0.25) is 0 Å². The Morgan fingerprint density at radius 3 is 2.39 bits per heavy atom. The highest BCUT2D eigenvalue weighted by Gasteiger charge is 2.33. The molecule has 0 unspecified atom stereocenters. The van der Waals surface area contributed by atoms with Crippen molar-refractivity contribution in [2.45, 2.75) is 55.1 Å². The average molecular weight is 448 g/mol. The molecule has 0 amide bonds. The number of methoxy groups -OCH3 is 1. The normalized spacial score (nSPS) is 15.2. The van der Waals surface area contributed by atoms with E-state index < -0.39 is 11.7 Å². The van der Waals surface area contributed by atoms with Gasteiger partial charge in [0.25, 0.3) is 0 Å². The number of benzene rings is 2. The van der Waals surface area contributed by atoms with Gasteiger partial charge in [0.05, 0.1) is 12.7 Å². The van der Waals surface area contributed by atoms with E-state index in [0.717, 1.165) is 49.0 Å². The number of hydrogen-bond acceptors (Lipinski definition) is 4. The molecule has 0 atom stereocenters. The van der Waals surface area contributed by atoms with Gasteiger partial charge in [0, 0.05) is 17.4 Å². The number of halogens is 3. The van der Waals surface area contributed by atoms with Crippen LogP contribution in [-0.4, -0.2) is 21.9 Å². The van der Waals surface area contributed by atoms with E-state index in [1.165, 1.54) is 30.3 Å². The fraction of sp³-hybridized carbons (Fsp3) is 0.391. The molecule has 2 aromatic carbocycles. The maximum atomic E-state index is 13.4. The van der Waals surface area contributed by atoms with Crippen molar-refractivity contribution >= 4 is 11.8 Å². The minimum atomic E-state index is -4.38. The Morgan fingerprint density at radius 2 is 1.71 bits per heavy atom. The largest absolute Gasteiger partial charge is 0.497 e. The number of hydrogen-bond donors (Lipinski definition) is 0. The summed E-state index contributed by atoms with van der Waals surface area (Å²) >= 11 is 1.28. The summed E-state index contributed by atoms with van der Waals surface area (Å²) in [7, 11) is 1.61. The van der Waals surface area contributed by atoms with Crippen molar-refractivity contribution in [3.63, 3.8) is 0 Å². The van der Waals surface area contributed by atoms with Crippen LogP contribution >= 0.6 is 11.8 Å². The Hall–Kier alpha value is -2.48. The second kappa shape index (κ2) is 9.34. The van der Waals surface area contributed by atoms with Gasteiger partial charge in [0.15, 0.2) is 5.16 Å². The van der Waals surface area contributed by atoms with Gasteiger partial charge in [-0.05, 0) is 48.7 Å². The number of ether oxygens (including phenoxy) is 1. The van der Waals surface area contributed by atoms with Gasteiger partial charge in [0.1, 0.15) is 11.6 Å². The Labute approximate surface area is 183 Å². The van der Waals surface area contributed by atoms with Crippen molar-refractivity contribution in [1.82, 2.24) is 14.8 Å². The van der Waals surface area contributed by atoms with Crippen LogP contribution < -0.4 is 4.74 Å². The molecular weight excluding hydrogens is 423 g/mol. The van der Waals surface area contributed by atoms with Crippen LogP contribution in [0.25, 0.3) is 5.69 Å². The summed E-state index contributed by atoms with van der Waals surface area (Å²) < 4.78 is 47.4. The molecule has 1 saturated carbocycles. The van der Waals surface area contributed by atoms with Gasteiger partial charge in [-0.3, -0.25) is 4.57 Å². The number of thioether (sulfide) groups is 1. The van der Waals surface area contributed by atoms with Crippen LogP contribution in [0, 0.1) is 0 Å². The summed E-state index contributed by atoms with van der Waals surface area (Å²) in [5.74, 6) is 2.09. The minimum absolute atomic E-state index is 0.161. The molecule has 31 heavy (non-hydrogen) atoms. The van der Waals surface area contributed by atoms with Gasteiger partial charge in [-0.25, -0.2) is 0 Å². The standard InChI is InChI=1S/C23H24F3N3OS/c1-30-19-13-11-18(12-14-19)29-21(16-7-3-2-4-8-16)27-28-22(29)31-15-17-9-5-6-10-20(17)23(24,25)26/h5-6,9-14,16H,2-4,7-8,15H2,1H3. The van der Waals surface area contributed by atoms with E-state index >= 15 is 0 Å². The molecule has 0 spiro atoms. The number of rotatable bonds is 6. The molecule has 1 heterocycles. The lowest BCUT2D eigenvalue weighted by Crippen LogP contribution is -2.12. The third kappa shape index (κ3) is 4.89. The molecule has 8 heteroatoms. The molecule has 0 radical (unpaired) electrons. The van der Waals surface area contributed by atoms with E-state index in [4.69, 9.17) is 4.74 Å². The van der Waals surface area contributed by atoms with Crippen molar-refractivity contribution in [3.05, 3.63) is 65.5 Å². The highest BCUT2D eigenvalue weighted by molar-refractivity contribution is 7.98. The molecule has 0 saturated heterocycles. The van der Waals surface area contributed by atoms with E-state index in [-0.39, 0.29) is 11.3 Å². The molecule has 1 aliphatic rings. The van der Waals surface area contributed by atoms with E-state index in [1.807, 2.05) is 28.8 Å². The monoisotopic (exact) mass is 447 g/mol. The smallest absolute Gasteiger partial charge is 0.416 e. The van der Waals surface area contributed by atoms with Gasteiger partial charge in [-0.2, -0.15) is 13.2 Å². The first-order chi connectivity index (χ1) is 15.0. The lowest BCUT2D eigenvalue weighted by Gasteiger charge is -2.22. The predicted molar refractivity (Wildman–Crippen MR) is 115 cm³/mol. The van der Waals surface area contributed by atoms with Gasteiger partial charge < -0.3 is 4.74 Å². The van der Waals surface area contributed by atoms with Gasteiger partial charge in [-0.1, -0.05) is 49.2 Å². The quantitative estimate of drug-likeness (QED) is 0.398. The van der Waals surface area contributed by atoms with Gasteiger partial charge in [-0.15, -0.1) is 10.2 Å². The van der Waals surface area contributed by atoms with Gasteiger partial charge >= 0.3 is 6.18 Å². The average Bonchev–Trinajstić information content (AvgIpc) is 3.22. The number of nitrogens with zero attached hydrogens (tertiary/aromatic N) is 3. The summed E-state index contributed by atoms with van der Waals surface area (Å²) in [6.07, 6.45) is 1.26. The molecule has 0 aliphatic heterocycles. The second-order valence-electron chi connectivity index (χ2n) is 7.65. The molecule has 0 bridgehead atoms. The van der Waals surface area contributed by atoms with Crippen molar-refractivity contribution in [2.75, 3.05) is 7.11 Å². The van der Waals surface area contributed by atoms with Crippen LogP contribution in [0.1, 0.15) is 55.0 Å². The van der Waals surface area contributed by atoms with Crippen LogP contribution in [0.3, 0.4) is 0 Å². The zero-order valence-electron chi connectivity index (χ0n) is 17.2. The first kappa shape index (κ1) is 21.7. The lowest BCUT2D eigenvalue weighted by atomic mass is 9.88. The number of alkyl halides is 3. The third-order valence-electron chi connectivity index (χ3n) is 5.64. The van der Waals surface area contributed by atoms with Crippen molar-refractivity contribution in [1.29, 1.82) is 0 Å². The molecular formula is C23H24F3N3OS. The summed E-state index contributed by atoms with van der Waals surface area (Å²) in [4.78, 5) is 0. The summed E-state index contributed by atoms with van der Waals surface area (Å²) in [6.45, 7) is 0. The van der Waals surface area contributed by atoms with E-state index in [1.54, 1.807) is 13.2 Å². The zero-order valence-corrected chi connectivity index (χ0v) is 18.0. The van der Waals surface area contributed by atoms with Crippen molar-refractivity contribution in [3.8, 4) is 11.4 Å². The molecule has 164 valence electrons. The first-order valence-corrected chi connectivity index (χ1v) is 11.3. The zero-order chi connectivity index (χ0) is 21.8. The predicted octanol–water partition coefficient (Wildman–Crippen LogP) is 6.63. The maximum Gasteiger partial charge on any atom is 0.416 e. The molecule has 1 aliphatic carbocycles. The Balaban J connectivity index is 1.67. The fourth-order valence-electron chi connectivity index (χ4n) is 4.04. The molecule has 3 aromatic rings. The Bertz CT molecular complexity index is 1010. The van der Waals surface area contributed by atoms with Crippen LogP contribution in [0.4, 0.5) is 13.2 Å². The first-order valence-electron chi connectivity index (χ1n) is 10.3. The lowest BCUT2D eigenvalue weighted by molar-refractivity contribution is -0.138. The van der Waals surface area contributed by atoms with E-state index in [0.29, 0.717) is 11.1 Å². The number of aromatic nitrogens is 3. The molecule has 1 fully saturated rings. The Kier molecular flexibility index (Phi) is 6.55. The summed E-state index contributed by atoms with van der Waals surface area (Å²) in [5, 5.41) is 9.46.